The summed E-state index contributed by atoms with van der Waals surface area (Å²) >= 11 is 0. The van der Waals surface area contributed by atoms with Gasteiger partial charge in [0, 0.05) is 19.6 Å². The SMILES string of the molecule is CCNC(=NCc1ccc(OC)cc1C(F)(F)F)N1CCCC1. The summed E-state index contributed by atoms with van der Waals surface area (Å²) in [5.74, 6) is 0.866. The molecular formula is C16H22F3N3O. The van der Waals surface area contributed by atoms with Crippen LogP contribution in [-0.4, -0.2) is 37.6 Å². The molecule has 0 atom stereocenters. The van der Waals surface area contributed by atoms with E-state index < -0.39 is 11.7 Å². The van der Waals surface area contributed by atoms with Gasteiger partial charge < -0.3 is 15.0 Å². The fourth-order valence-electron chi connectivity index (χ4n) is 2.60. The van der Waals surface area contributed by atoms with E-state index in [9.17, 15) is 13.2 Å². The number of hydrogen-bond donors (Lipinski definition) is 1. The zero-order valence-corrected chi connectivity index (χ0v) is 13.4. The van der Waals surface area contributed by atoms with Crippen LogP contribution in [0.1, 0.15) is 30.9 Å². The Morgan fingerprint density at radius 3 is 2.57 bits per heavy atom. The van der Waals surface area contributed by atoms with Gasteiger partial charge in [0.15, 0.2) is 5.96 Å². The maximum atomic E-state index is 13.2. The predicted molar refractivity (Wildman–Crippen MR) is 83.6 cm³/mol. The van der Waals surface area contributed by atoms with E-state index >= 15 is 0 Å². The summed E-state index contributed by atoms with van der Waals surface area (Å²) in [6, 6.07) is 3.98. The standard InChI is InChI=1S/C16H22F3N3O/c1-3-20-15(22-8-4-5-9-22)21-11-12-6-7-13(23-2)10-14(12)16(17,18)19/h6-7,10H,3-5,8-9,11H2,1-2H3,(H,20,21). The second-order valence-electron chi connectivity index (χ2n) is 5.39. The molecule has 2 rings (SSSR count). The topological polar surface area (TPSA) is 36.9 Å². The summed E-state index contributed by atoms with van der Waals surface area (Å²) in [5, 5.41) is 3.15. The van der Waals surface area contributed by atoms with Gasteiger partial charge in [0.1, 0.15) is 5.75 Å². The van der Waals surface area contributed by atoms with Gasteiger partial charge in [0.05, 0.1) is 19.2 Å². The predicted octanol–water partition coefficient (Wildman–Crippen LogP) is 3.28. The van der Waals surface area contributed by atoms with Crippen LogP contribution in [-0.2, 0) is 12.7 Å². The third-order valence-electron chi connectivity index (χ3n) is 3.76. The molecule has 0 unspecified atom stereocenters. The van der Waals surface area contributed by atoms with Crippen LogP contribution in [0, 0.1) is 0 Å². The fourth-order valence-corrected chi connectivity index (χ4v) is 2.60. The van der Waals surface area contributed by atoms with Crippen molar-refractivity contribution < 1.29 is 17.9 Å². The maximum absolute atomic E-state index is 13.2. The molecule has 0 saturated carbocycles. The molecule has 1 fully saturated rings. The largest absolute Gasteiger partial charge is 0.497 e. The Kier molecular flexibility index (Phi) is 5.74. The highest BCUT2D eigenvalue weighted by molar-refractivity contribution is 5.80. The second-order valence-corrected chi connectivity index (χ2v) is 5.39. The highest BCUT2D eigenvalue weighted by Gasteiger charge is 2.33. The Balaban J connectivity index is 2.25. The lowest BCUT2D eigenvalue weighted by Crippen LogP contribution is -2.39. The molecule has 0 aliphatic carbocycles. The number of guanidine groups is 1. The van der Waals surface area contributed by atoms with Crippen LogP contribution in [0.5, 0.6) is 5.75 Å². The molecule has 1 heterocycles. The molecule has 0 aromatic heterocycles. The number of aliphatic imine (C=N–C) groups is 1. The van der Waals surface area contributed by atoms with Crippen molar-refractivity contribution in [3.8, 4) is 5.75 Å². The number of hydrogen-bond acceptors (Lipinski definition) is 2. The van der Waals surface area contributed by atoms with Crippen LogP contribution >= 0.6 is 0 Å². The zero-order valence-electron chi connectivity index (χ0n) is 13.4. The monoisotopic (exact) mass is 329 g/mol. The molecule has 4 nitrogen and oxygen atoms in total. The smallest absolute Gasteiger partial charge is 0.416 e. The molecule has 1 saturated heterocycles. The number of methoxy groups -OCH3 is 1. The van der Waals surface area contributed by atoms with Crippen molar-refractivity contribution in [2.24, 2.45) is 4.99 Å². The van der Waals surface area contributed by atoms with Gasteiger partial charge in [0.25, 0.3) is 0 Å². The van der Waals surface area contributed by atoms with E-state index in [2.05, 4.69) is 15.2 Å². The van der Waals surface area contributed by atoms with Crippen molar-refractivity contribution in [2.45, 2.75) is 32.5 Å². The zero-order chi connectivity index (χ0) is 16.9. The van der Waals surface area contributed by atoms with Crippen molar-refractivity contribution in [2.75, 3.05) is 26.7 Å². The molecule has 0 radical (unpaired) electrons. The first-order chi connectivity index (χ1) is 11.0. The molecule has 0 bridgehead atoms. The molecule has 23 heavy (non-hydrogen) atoms. The Morgan fingerprint density at radius 1 is 1.30 bits per heavy atom. The number of rotatable bonds is 4. The Hall–Kier alpha value is -1.92. The number of nitrogens with zero attached hydrogens (tertiary/aromatic N) is 2. The van der Waals surface area contributed by atoms with E-state index in [1.165, 1.54) is 19.2 Å². The summed E-state index contributed by atoms with van der Waals surface area (Å²) in [6.07, 6.45) is -2.26. The average molecular weight is 329 g/mol. The first kappa shape index (κ1) is 17.4. The molecule has 7 heteroatoms. The second kappa shape index (κ2) is 7.57. The normalized spacial score (nSPS) is 15.9. The van der Waals surface area contributed by atoms with Crippen LogP contribution in [0.2, 0.25) is 0 Å². The molecular weight excluding hydrogens is 307 g/mol. The molecule has 1 aliphatic heterocycles. The van der Waals surface area contributed by atoms with E-state index in [1.807, 2.05) is 6.92 Å². The van der Waals surface area contributed by atoms with Crippen LogP contribution < -0.4 is 10.1 Å². The van der Waals surface area contributed by atoms with E-state index in [0.29, 0.717) is 12.5 Å². The van der Waals surface area contributed by atoms with Crippen LogP contribution in [0.4, 0.5) is 13.2 Å². The molecule has 0 amide bonds. The first-order valence-corrected chi connectivity index (χ1v) is 7.73. The van der Waals surface area contributed by atoms with Crippen LogP contribution in [0.15, 0.2) is 23.2 Å². The number of halogens is 3. The van der Waals surface area contributed by atoms with E-state index in [0.717, 1.165) is 32.0 Å². The molecule has 1 aromatic carbocycles. The molecule has 1 aromatic rings. The molecule has 1 N–H and O–H groups in total. The number of alkyl halides is 3. The van der Waals surface area contributed by atoms with Crippen molar-refractivity contribution >= 4 is 5.96 Å². The van der Waals surface area contributed by atoms with E-state index in [-0.39, 0.29) is 17.9 Å². The third kappa shape index (κ3) is 4.53. The Morgan fingerprint density at radius 2 is 2.00 bits per heavy atom. The fraction of sp³-hybridized carbons (Fsp3) is 0.562. The minimum atomic E-state index is -4.43. The summed E-state index contributed by atoms with van der Waals surface area (Å²) in [7, 11) is 1.35. The van der Waals surface area contributed by atoms with Gasteiger partial charge in [-0.3, -0.25) is 0 Å². The van der Waals surface area contributed by atoms with E-state index in [4.69, 9.17) is 4.74 Å². The van der Waals surface area contributed by atoms with Crippen molar-refractivity contribution in [3.63, 3.8) is 0 Å². The van der Waals surface area contributed by atoms with Gasteiger partial charge in [-0.1, -0.05) is 6.07 Å². The summed E-state index contributed by atoms with van der Waals surface area (Å²) in [4.78, 5) is 6.47. The van der Waals surface area contributed by atoms with Gasteiger partial charge in [-0.05, 0) is 37.5 Å². The lowest BCUT2D eigenvalue weighted by Gasteiger charge is -2.21. The van der Waals surface area contributed by atoms with Gasteiger partial charge in [-0.2, -0.15) is 13.2 Å². The molecule has 0 spiro atoms. The number of benzene rings is 1. The minimum absolute atomic E-state index is 0.0162. The highest BCUT2D eigenvalue weighted by Crippen LogP contribution is 2.34. The molecule has 1 aliphatic rings. The summed E-state index contributed by atoms with van der Waals surface area (Å²) in [6.45, 7) is 4.39. The Labute approximate surface area is 134 Å². The highest BCUT2D eigenvalue weighted by atomic mass is 19.4. The summed E-state index contributed by atoms with van der Waals surface area (Å²) in [5.41, 5.74) is -0.550. The molecule has 128 valence electrons. The van der Waals surface area contributed by atoms with E-state index in [1.54, 1.807) is 0 Å². The first-order valence-electron chi connectivity index (χ1n) is 7.73. The van der Waals surface area contributed by atoms with Crippen LogP contribution in [0.25, 0.3) is 0 Å². The number of ether oxygens (including phenoxy) is 1. The average Bonchev–Trinajstić information content (AvgIpc) is 3.04. The van der Waals surface area contributed by atoms with Crippen molar-refractivity contribution in [3.05, 3.63) is 29.3 Å². The Bertz CT molecular complexity index is 552. The number of nitrogens with one attached hydrogen (secondary N) is 1. The lowest BCUT2D eigenvalue weighted by molar-refractivity contribution is -0.138. The van der Waals surface area contributed by atoms with Gasteiger partial charge in [0.2, 0.25) is 0 Å². The third-order valence-corrected chi connectivity index (χ3v) is 3.76. The van der Waals surface area contributed by atoms with Gasteiger partial charge in [-0.25, -0.2) is 4.99 Å². The van der Waals surface area contributed by atoms with Gasteiger partial charge >= 0.3 is 6.18 Å². The van der Waals surface area contributed by atoms with Crippen molar-refractivity contribution in [1.29, 1.82) is 0 Å². The van der Waals surface area contributed by atoms with Crippen LogP contribution in [0.3, 0.4) is 0 Å². The maximum Gasteiger partial charge on any atom is 0.416 e. The minimum Gasteiger partial charge on any atom is -0.497 e. The number of likely N-dealkylation sites (tertiary alicyclic amines) is 1. The van der Waals surface area contributed by atoms with Crippen molar-refractivity contribution in [1.82, 2.24) is 10.2 Å². The lowest BCUT2D eigenvalue weighted by atomic mass is 10.1. The van der Waals surface area contributed by atoms with Gasteiger partial charge in [-0.15, -0.1) is 0 Å². The quantitative estimate of drug-likeness (QED) is 0.680. The summed E-state index contributed by atoms with van der Waals surface area (Å²) < 4.78 is 44.5.